The molecule has 0 bridgehead atoms. The van der Waals surface area contributed by atoms with Crippen LogP contribution in [0.4, 0.5) is 0 Å². The average Bonchev–Trinajstić information content (AvgIpc) is 2.93. The van der Waals surface area contributed by atoms with E-state index in [-0.39, 0.29) is 5.57 Å². The zero-order valence-electron chi connectivity index (χ0n) is 9.79. The van der Waals surface area contributed by atoms with E-state index in [2.05, 4.69) is 6.07 Å². The Morgan fingerprint density at radius 2 is 1.63 bits per heavy atom. The van der Waals surface area contributed by atoms with E-state index in [1.165, 1.54) is 11.3 Å². The van der Waals surface area contributed by atoms with Gasteiger partial charge in [0, 0.05) is 9.75 Å². The van der Waals surface area contributed by atoms with Gasteiger partial charge < -0.3 is 0 Å². The summed E-state index contributed by atoms with van der Waals surface area (Å²) in [6.07, 6.45) is 1.57. The fraction of sp³-hybridized carbons (Fsp3) is 0. The predicted molar refractivity (Wildman–Crippen MR) is 73.7 cm³/mol. The highest BCUT2D eigenvalue weighted by Crippen LogP contribution is 2.29. The molecule has 0 saturated carbocycles. The number of hydrogen-bond acceptors (Lipinski definition) is 4. The molecule has 2 rings (SSSR count). The molecule has 0 aliphatic carbocycles. The first-order valence-electron chi connectivity index (χ1n) is 5.39. The van der Waals surface area contributed by atoms with Crippen LogP contribution in [0, 0.1) is 34.0 Å². The molecule has 19 heavy (non-hydrogen) atoms. The first-order valence-corrected chi connectivity index (χ1v) is 6.20. The van der Waals surface area contributed by atoms with Gasteiger partial charge in [0.05, 0.1) is 11.6 Å². The smallest absolute Gasteiger partial charge is 0.131 e. The number of rotatable bonds is 2. The van der Waals surface area contributed by atoms with Gasteiger partial charge in [-0.25, -0.2) is 0 Å². The van der Waals surface area contributed by atoms with E-state index in [4.69, 9.17) is 15.8 Å². The lowest BCUT2D eigenvalue weighted by atomic mass is 10.1. The lowest BCUT2D eigenvalue weighted by molar-refractivity contribution is 1.47. The second kappa shape index (κ2) is 5.65. The summed E-state index contributed by atoms with van der Waals surface area (Å²) in [5, 5.41) is 26.1. The fourth-order valence-electron chi connectivity index (χ4n) is 1.53. The van der Waals surface area contributed by atoms with Crippen LogP contribution in [-0.4, -0.2) is 0 Å². The lowest BCUT2D eigenvalue weighted by Gasteiger charge is -1.96. The van der Waals surface area contributed by atoms with Crippen molar-refractivity contribution in [2.45, 2.75) is 0 Å². The first kappa shape index (κ1) is 12.6. The monoisotopic (exact) mass is 261 g/mol. The molecule has 0 spiro atoms. The van der Waals surface area contributed by atoms with Crippen LogP contribution in [0.1, 0.15) is 10.4 Å². The molecule has 1 heterocycles. The number of nitriles is 3. The van der Waals surface area contributed by atoms with Crippen molar-refractivity contribution in [3.63, 3.8) is 0 Å². The van der Waals surface area contributed by atoms with Gasteiger partial charge in [0.2, 0.25) is 0 Å². The van der Waals surface area contributed by atoms with Crippen LogP contribution in [0.25, 0.3) is 16.5 Å². The molecule has 4 heteroatoms. The van der Waals surface area contributed by atoms with Gasteiger partial charge in [0.1, 0.15) is 17.7 Å². The molecule has 1 aromatic heterocycles. The van der Waals surface area contributed by atoms with Gasteiger partial charge in [0.15, 0.2) is 0 Å². The van der Waals surface area contributed by atoms with Crippen molar-refractivity contribution in [2.24, 2.45) is 0 Å². The van der Waals surface area contributed by atoms with E-state index in [1.807, 2.05) is 36.4 Å². The van der Waals surface area contributed by atoms with Gasteiger partial charge in [-0.2, -0.15) is 15.8 Å². The summed E-state index contributed by atoms with van der Waals surface area (Å²) in [5.74, 6) is 0. The van der Waals surface area contributed by atoms with Crippen LogP contribution in [0.2, 0.25) is 0 Å². The van der Waals surface area contributed by atoms with E-state index in [0.29, 0.717) is 5.56 Å². The third-order valence-corrected chi connectivity index (χ3v) is 3.53. The third-order valence-electron chi connectivity index (χ3n) is 2.45. The summed E-state index contributed by atoms with van der Waals surface area (Å²) in [5.41, 5.74) is 1.73. The van der Waals surface area contributed by atoms with Crippen LogP contribution in [0.15, 0.2) is 42.0 Å². The maximum atomic E-state index is 8.74. The molecule has 0 unspecified atom stereocenters. The van der Waals surface area contributed by atoms with Crippen molar-refractivity contribution in [1.82, 2.24) is 0 Å². The van der Waals surface area contributed by atoms with Crippen molar-refractivity contribution in [1.29, 1.82) is 15.8 Å². The van der Waals surface area contributed by atoms with Gasteiger partial charge in [-0.15, -0.1) is 11.3 Å². The Labute approximate surface area is 114 Å². The molecule has 0 aliphatic heterocycles. The molecule has 0 atom stereocenters. The minimum absolute atomic E-state index is 0.0910. The minimum atomic E-state index is 0.0910. The summed E-state index contributed by atoms with van der Waals surface area (Å²) in [7, 11) is 0. The topological polar surface area (TPSA) is 71.4 Å². The van der Waals surface area contributed by atoms with E-state index < -0.39 is 0 Å². The zero-order valence-corrected chi connectivity index (χ0v) is 10.6. The molecule has 0 saturated heterocycles. The summed E-state index contributed by atoms with van der Waals surface area (Å²) in [6.45, 7) is 0. The largest absolute Gasteiger partial charge is 0.192 e. The second-order valence-electron chi connectivity index (χ2n) is 3.67. The first-order chi connectivity index (χ1) is 9.26. The third kappa shape index (κ3) is 2.87. The quantitative estimate of drug-likeness (QED) is 0.773. The minimum Gasteiger partial charge on any atom is -0.192 e. The highest BCUT2D eigenvalue weighted by molar-refractivity contribution is 7.16. The van der Waals surface area contributed by atoms with Gasteiger partial charge in [-0.3, -0.25) is 0 Å². The van der Waals surface area contributed by atoms with Crippen LogP contribution in [0.3, 0.4) is 0 Å². The molecule has 0 radical (unpaired) electrons. The van der Waals surface area contributed by atoms with E-state index in [9.17, 15) is 0 Å². The SMILES string of the molecule is N#CC(C#N)=Cc1ccc(-c2ccc(C#N)cc2)s1. The van der Waals surface area contributed by atoms with Crippen molar-refractivity contribution in [2.75, 3.05) is 0 Å². The van der Waals surface area contributed by atoms with Crippen molar-refractivity contribution < 1.29 is 0 Å². The Kier molecular flexibility index (Phi) is 3.74. The Bertz CT molecular complexity index is 730. The lowest BCUT2D eigenvalue weighted by Crippen LogP contribution is -1.74. The zero-order chi connectivity index (χ0) is 13.7. The number of benzene rings is 1. The van der Waals surface area contributed by atoms with E-state index >= 15 is 0 Å². The average molecular weight is 261 g/mol. The van der Waals surface area contributed by atoms with E-state index in [0.717, 1.165) is 15.3 Å². The Hall–Kier alpha value is -2.87. The van der Waals surface area contributed by atoms with Crippen molar-refractivity contribution in [3.8, 4) is 28.6 Å². The molecule has 1 aromatic carbocycles. The molecule has 3 nitrogen and oxygen atoms in total. The highest BCUT2D eigenvalue weighted by atomic mass is 32.1. The van der Waals surface area contributed by atoms with Crippen LogP contribution < -0.4 is 0 Å². The summed E-state index contributed by atoms with van der Waals surface area (Å²) >= 11 is 1.50. The number of thiophene rings is 1. The van der Waals surface area contributed by atoms with Crippen molar-refractivity contribution in [3.05, 3.63) is 52.4 Å². The number of nitrogens with zero attached hydrogens (tertiary/aromatic N) is 3. The second-order valence-corrected chi connectivity index (χ2v) is 4.79. The molecule has 0 aliphatic rings. The molecule has 88 valence electrons. The fourth-order valence-corrected chi connectivity index (χ4v) is 2.48. The number of allylic oxidation sites excluding steroid dienone is 1. The Morgan fingerprint density at radius 1 is 0.947 bits per heavy atom. The molecule has 0 fully saturated rings. The highest BCUT2D eigenvalue weighted by Gasteiger charge is 2.03. The predicted octanol–water partition coefficient (Wildman–Crippen LogP) is 3.72. The molecular weight excluding hydrogens is 254 g/mol. The number of hydrogen-bond donors (Lipinski definition) is 0. The summed E-state index contributed by atoms with van der Waals surface area (Å²) < 4.78 is 0. The van der Waals surface area contributed by atoms with Gasteiger partial charge in [-0.05, 0) is 35.9 Å². The summed E-state index contributed by atoms with van der Waals surface area (Å²) in [6, 6.07) is 16.8. The van der Waals surface area contributed by atoms with Crippen LogP contribution in [-0.2, 0) is 0 Å². The Balaban J connectivity index is 2.32. The Morgan fingerprint density at radius 3 is 2.21 bits per heavy atom. The maximum absolute atomic E-state index is 8.74. The van der Waals surface area contributed by atoms with Gasteiger partial charge in [-0.1, -0.05) is 12.1 Å². The van der Waals surface area contributed by atoms with Gasteiger partial charge in [0.25, 0.3) is 0 Å². The van der Waals surface area contributed by atoms with Crippen LogP contribution in [0.5, 0.6) is 0 Å². The molecule has 0 N–H and O–H groups in total. The van der Waals surface area contributed by atoms with Crippen molar-refractivity contribution >= 4 is 17.4 Å². The maximum Gasteiger partial charge on any atom is 0.131 e. The van der Waals surface area contributed by atoms with E-state index in [1.54, 1.807) is 18.2 Å². The molecule has 2 aromatic rings. The summed E-state index contributed by atoms with van der Waals surface area (Å²) in [4.78, 5) is 1.89. The van der Waals surface area contributed by atoms with Crippen LogP contribution >= 0.6 is 11.3 Å². The standard InChI is InChI=1S/C15H7N3S/c16-8-11-1-3-13(4-2-11)15-6-5-14(19-15)7-12(9-17)10-18/h1-7H. The molecular formula is C15H7N3S. The molecule has 0 amide bonds. The van der Waals surface area contributed by atoms with Gasteiger partial charge >= 0.3 is 0 Å². The normalized spacial score (nSPS) is 8.89.